The largest absolute Gasteiger partial charge is 0.481 e. The molecule has 0 spiro atoms. The van der Waals surface area contributed by atoms with Crippen molar-refractivity contribution in [3.63, 3.8) is 0 Å². The molecule has 4 heteroatoms. The number of carboxylic acids is 1. The first-order valence-corrected chi connectivity index (χ1v) is 12.7. The monoisotopic (exact) mass is 420 g/mol. The average molecular weight is 421 g/mol. The summed E-state index contributed by atoms with van der Waals surface area (Å²) in [4.78, 5) is 11.1. The average Bonchev–Trinajstić information content (AvgIpc) is 3.05. The molecule has 0 aliphatic heterocycles. The van der Waals surface area contributed by atoms with Gasteiger partial charge in [-0.05, 0) is 104 Å². The van der Waals surface area contributed by atoms with Gasteiger partial charge in [0.15, 0.2) is 0 Å². The molecule has 0 radical (unpaired) electrons. The summed E-state index contributed by atoms with van der Waals surface area (Å²) in [6, 6.07) is 0. The van der Waals surface area contributed by atoms with E-state index >= 15 is 0 Å². The van der Waals surface area contributed by atoms with Crippen LogP contribution in [0.15, 0.2) is 0 Å². The van der Waals surface area contributed by atoms with Gasteiger partial charge in [0.2, 0.25) is 0 Å². The van der Waals surface area contributed by atoms with Crippen molar-refractivity contribution in [3.05, 3.63) is 0 Å². The van der Waals surface area contributed by atoms with Crippen LogP contribution < -0.4 is 0 Å². The minimum Gasteiger partial charge on any atom is -0.481 e. The van der Waals surface area contributed by atoms with Gasteiger partial charge in [0.1, 0.15) is 0 Å². The fourth-order valence-electron chi connectivity index (χ4n) is 9.48. The van der Waals surface area contributed by atoms with E-state index in [1.807, 2.05) is 0 Å². The molecule has 4 fully saturated rings. The Morgan fingerprint density at radius 3 is 2.33 bits per heavy atom. The van der Waals surface area contributed by atoms with E-state index in [9.17, 15) is 15.0 Å². The van der Waals surface area contributed by atoms with Crippen molar-refractivity contribution in [1.29, 1.82) is 0 Å². The highest BCUT2D eigenvalue weighted by Gasteiger charge is 2.64. The van der Waals surface area contributed by atoms with Gasteiger partial charge in [0, 0.05) is 6.42 Å². The van der Waals surface area contributed by atoms with Crippen LogP contribution >= 0.6 is 0 Å². The minimum absolute atomic E-state index is 0.194. The maximum Gasteiger partial charge on any atom is 0.303 e. The second-order valence-corrected chi connectivity index (χ2v) is 12.0. The number of carbonyl (C=O) groups is 1. The van der Waals surface area contributed by atoms with Crippen LogP contribution in [0.25, 0.3) is 0 Å². The van der Waals surface area contributed by atoms with Crippen LogP contribution in [0.1, 0.15) is 91.9 Å². The molecule has 11 atom stereocenters. The summed E-state index contributed by atoms with van der Waals surface area (Å²) in [6.45, 7) is 9.44. The van der Waals surface area contributed by atoms with Crippen LogP contribution in [-0.2, 0) is 4.79 Å². The molecule has 30 heavy (non-hydrogen) atoms. The number of rotatable bonds is 5. The second-order valence-electron chi connectivity index (χ2n) is 12.0. The predicted octanol–water partition coefficient (Wildman–Crippen LogP) is 5.11. The van der Waals surface area contributed by atoms with Gasteiger partial charge in [0.25, 0.3) is 0 Å². The Labute approximate surface area is 182 Å². The van der Waals surface area contributed by atoms with Gasteiger partial charge in [-0.2, -0.15) is 0 Å². The number of hydrogen-bond donors (Lipinski definition) is 3. The van der Waals surface area contributed by atoms with Crippen molar-refractivity contribution < 1.29 is 20.1 Å². The molecular weight excluding hydrogens is 376 g/mol. The van der Waals surface area contributed by atoms with Crippen molar-refractivity contribution in [1.82, 2.24) is 0 Å². The molecule has 0 bridgehead atoms. The van der Waals surface area contributed by atoms with E-state index in [0.717, 1.165) is 32.1 Å². The van der Waals surface area contributed by atoms with E-state index in [1.54, 1.807) is 0 Å². The van der Waals surface area contributed by atoms with Crippen LogP contribution in [0.5, 0.6) is 0 Å². The summed E-state index contributed by atoms with van der Waals surface area (Å²) in [5, 5.41) is 31.3. The number of aliphatic hydroxyl groups is 2. The van der Waals surface area contributed by atoms with Crippen molar-refractivity contribution in [2.75, 3.05) is 0 Å². The first-order valence-electron chi connectivity index (χ1n) is 12.7. The highest BCUT2D eigenvalue weighted by molar-refractivity contribution is 5.66. The standard InChI is InChI=1S/C26H44O4/c1-5-17-21-14-16(27)10-12-26(21,4)20-11-13-25(3)18(15(2)6-9-22(28)29)7-8-19(25)23(20)24(17)30/h15-21,23-24,27,30H,5-14H2,1-4H3,(H,28,29)/t15-,16-,17-,18?,19?,20?,21?,23?,24-,25-,26-/m1/s1. The molecule has 4 nitrogen and oxygen atoms in total. The Balaban J connectivity index is 1.61. The number of aliphatic hydroxyl groups excluding tert-OH is 2. The highest BCUT2D eigenvalue weighted by atomic mass is 16.4. The van der Waals surface area contributed by atoms with Gasteiger partial charge in [-0.3, -0.25) is 4.79 Å². The SMILES string of the molecule is CC[C@@H]1C2C[C@H](O)CC[C@]2(C)C2CC[C@@]3(C)C(CCC3[C@H](C)CCC(=O)O)C2[C@@H]1O. The van der Waals surface area contributed by atoms with E-state index < -0.39 is 5.97 Å². The topological polar surface area (TPSA) is 77.8 Å². The van der Waals surface area contributed by atoms with Crippen LogP contribution in [0.2, 0.25) is 0 Å². The molecule has 4 rings (SSSR count). The summed E-state index contributed by atoms with van der Waals surface area (Å²) in [6.07, 6.45) is 9.27. The molecule has 5 unspecified atom stereocenters. The summed E-state index contributed by atoms with van der Waals surface area (Å²) in [7, 11) is 0. The summed E-state index contributed by atoms with van der Waals surface area (Å²) in [5.41, 5.74) is 0.480. The zero-order valence-electron chi connectivity index (χ0n) is 19.5. The third-order valence-corrected chi connectivity index (χ3v) is 11.0. The third kappa shape index (κ3) is 3.36. The maximum atomic E-state index is 11.7. The number of hydrogen-bond acceptors (Lipinski definition) is 3. The number of carboxylic acid groups (broad SMARTS) is 1. The van der Waals surface area contributed by atoms with E-state index in [1.165, 1.54) is 25.7 Å². The van der Waals surface area contributed by atoms with Gasteiger partial charge in [0.05, 0.1) is 12.2 Å². The quantitative estimate of drug-likeness (QED) is 0.577. The van der Waals surface area contributed by atoms with Crippen LogP contribution in [0, 0.1) is 52.3 Å². The second kappa shape index (κ2) is 8.06. The molecule has 0 saturated heterocycles. The zero-order chi connectivity index (χ0) is 21.8. The first kappa shape index (κ1) is 22.6. The van der Waals surface area contributed by atoms with Crippen LogP contribution in [0.4, 0.5) is 0 Å². The fraction of sp³-hybridized carbons (Fsp3) is 0.962. The number of aliphatic carboxylic acids is 1. The molecule has 4 saturated carbocycles. The molecule has 4 aliphatic carbocycles. The molecule has 0 amide bonds. The van der Waals surface area contributed by atoms with Crippen molar-refractivity contribution in [2.45, 2.75) is 104 Å². The Morgan fingerprint density at radius 1 is 1.00 bits per heavy atom. The summed E-state index contributed by atoms with van der Waals surface area (Å²) in [5.74, 6) is 2.58. The molecule has 4 aliphatic rings. The lowest BCUT2D eigenvalue weighted by Crippen LogP contribution is -2.62. The molecule has 0 aromatic carbocycles. The lowest BCUT2D eigenvalue weighted by Gasteiger charge is -2.64. The first-order chi connectivity index (χ1) is 14.1. The molecule has 0 heterocycles. The summed E-state index contributed by atoms with van der Waals surface area (Å²) < 4.78 is 0. The molecule has 0 aromatic heterocycles. The van der Waals surface area contributed by atoms with Gasteiger partial charge in [-0.15, -0.1) is 0 Å². The predicted molar refractivity (Wildman–Crippen MR) is 118 cm³/mol. The highest BCUT2D eigenvalue weighted by Crippen LogP contribution is 2.69. The van der Waals surface area contributed by atoms with E-state index in [4.69, 9.17) is 5.11 Å². The van der Waals surface area contributed by atoms with Crippen molar-refractivity contribution >= 4 is 5.97 Å². The van der Waals surface area contributed by atoms with Crippen LogP contribution in [-0.4, -0.2) is 33.5 Å². The van der Waals surface area contributed by atoms with E-state index in [0.29, 0.717) is 41.4 Å². The lowest BCUT2D eigenvalue weighted by atomic mass is 9.41. The Bertz CT molecular complexity index is 649. The van der Waals surface area contributed by atoms with Gasteiger partial charge in [-0.1, -0.05) is 34.1 Å². The third-order valence-electron chi connectivity index (χ3n) is 11.0. The minimum atomic E-state index is -0.683. The fourth-order valence-corrected chi connectivity index (χ4v) is 9.48. The van der Waals surface area contributed by atoms with E-state index in [2.05, 4.69) is 27.7 Å². The smallest absolute Gasteiger partial charge is 0.303 e. The molecule has 3 N–H and O–H groups in total. The summed E-state index contributed by atoms with van der Waals surface area (Å²) >= 11 is 0. The Morgan fingerprint density at radius 2 is 1.67 bits per heavy atom. The van der Waals surface area contributed by atoms with E-state index in [-0.39, 0.29) is 29.5 Å². The lowest BCUT2D eigenvalue weighted by molar-refractivity contribution is -0.203. The zero-order valence-corrected chi connectivity index (χ0v) is 19.5. The molecular formula is C26H44O4. The van der Waals surface area contributed by atoms with Gasteiger partial charge < -0.3 is 15.3 Å². The van der Waals surface area contributed by atoms with Crippen molar-refractivity contribution in [3.8, 4) is 0 Å². The molecule has 172 valence electrons. The van der Waals surface area contributed by atoms with Crippen LogP contribution in [0.3, 0.4) is 0 Å². The van der Waals surface area contributed by atoms with Gasteiger partial charge >= 0.3 is 5.97 Å². The molecule has 0 aromatic rings. The Kier molecular flexibility index (Phi) is 6.07. The number of fused-ring (bicyclic) bond motifs is 5. The maximum absolute atomic E-state index is 11.7. The Hall–Kier alpha value is -0.610. The van der Waals surface area contributed by atoms with Crippen molar-refractivity contribution in [2.24, 2.45) is 52.3 Å². The normalized spacial score (nSPS) is 51.5. The van der Waals surface area contributed by atoms with Gasteiger partial charge in [-0.25, -0.2) is 0 Å².